The first-order valence-corrected chi connectivity index (χ1v) is 8.40. The molecule has 0 saturated heterocycles. The van der Waals surface area contributed by atoms with Crippen molar-refractivity contribution < 1.29 is 4.79 Å². The minimum absolute atomic E-state index is 0.311. The van der Waals surface area contributed by atoms with Gasteiger partial charge in [-0.3, -0.25) is 4.79 Å². The van der Waals surface area contributed by atoms with Gasteiger partial charge in [0.15, 0.2) is 0 Å². The number of carbonyl (C=O) groups excluding carboxylic acids is 1. The van der Waals surface area contributed by atoms with Crippen LogP contribution in [-0.4, -0.2) is 31.3 Å². The quantitative estimate of drug-likeness (QED) is 0.725. The Morgan fingerprint density at radius 1 is 0.913 bits per heavy atom. The van der Waals surface area contributed by atoms with Crippen LogP contribution in [-0.2, 0) is 10.2 Å². The van der Waals surface area contributed by atoms with E-state index in [0.29, 0.717) is 12.2 Å². The predicted octanol–water partition coefficient (Wildman–Crippen LogP) is 4.29. The molecule has 0 radical (unpaired) electrons. The number of benzene rings is 2. The van der Waals surface area contributed by atoms with Crippen molar-refractivity contribution in [2.24, 2.45) is 0 Å². The smallest absolute Gasteiger partial charge is 0.149 e. The second kappa shape index (κ2) is 8.07. The fourth-order valence-corrected chi connectivity index (χ4v) is 3.28. The number of hydrogen-bond acceptors (Lipinski definition) is 2. The molecule has 0 amide bonds. The van der Waals surface area contributed by atoms with Crippen LogP contribution in [0.5, 0.6) is 0 Å². The fraction of sp³-hybridized carbons (Fsp3) is 0.381. The number of ketones is 1. The molecule has 0 fully saturated rings. The molecule has 0 saturated carbocycles. The summed E-state index contributed by atoms with van der Waals surface area (Å²) in [6.07, 6.45) is 2.38. The highest BCUT2D eigenvalue weighted by atomic mass is 16.1. The molecule has 0 heterocycles. The van der Waals surface area contributed by atoms with Gasteiger partial charge in [-0.2, -0.15) is 0 Å². The fourth-order valence-electron chi connectivity index (χ4n) is 3.28. The molecule has 0 N–H and O–H groups in total. The standard InChI is InChI=1S/C21H27NO/c1-4-16-21(18-11-7-5-8-12-18,19-13-9-6-10-14-19)20(23)15-17-22(2)3/h5-14H,4,15-17H2,1-3H3. The van der Waals surface area contributed by atoms with Crippen LogP contribution in [0, 0.1) is 0 Å². The van der Waals surface area contributed by atoms with Crippen molar-refractivity contribution in [3.63, 3.8) is 0 Å². The molecular weight excluding hydrogens is 282 g/mol. The van der Waals surface area contributed by atoms with Crippen molar-refractivity contribution in [3.05, 3.63) is 71.8 Å². The summed E-state index contributed by atoms with van der Waals surface area (Å²) in [5.41, 5.74) is 1.68. The van der Waals surface area contributed by atoms with E-state index in [-0.39, 0.29) is 0 Å². The van der Waals surface area contributed by atoms with Crippen molar-refractivity contribution in [3.8, 4) is 0 Å². The van der Waals surface area contributed by atoms with E-state index in [0.717, 1.165) is 30.5 Å². The predicted molar refractivity (Wildman–Crippen MR) is 96.8 cm³/mol. The van der Waals surface area contributed by atoms with Crippen molar-refractivity contribution in [1.82, 2.24) is 4.90 Å². The highest BCUT2D eigenvalue weighted by Crippen LogP contribution is 2.38. The zero-order valence-corrected chi connectivity index (χ0v) is 14.5. The Labute approximate surface area is 140 Å². The van der Waals surface area contributed by atoms with E-state index in [9.17, 15) is 4.79 Å². The lowest BCUT2D eigenvalue weighted by molar-refractivity contribution is -0.123. The van der Waals surface area contributed by atoms with Gasteiger partial charge < -0.3 is 4.90 Å². The topological polar surface area (TPSA) is 20.3 Å². The first-order chi connectivity index (χ1) is 11.1. The second-order valence-electron chi connectivity index (χ2n) is 6.36. The normalized spacial score (nSPS) is 11.7. The van der Waals surface area contributed by atoms with Gasteiger partial charge in [-0.05, 0) is 31.6 Å². The summed E-state index contributed by atoms with van der Waals surface area (Å²) < 4.78 is 0. The second-order valence-corrected chi connectivity index (χ2v) is 6.36. The highest BCUT2D eigenvalue weighted by molar-refractivity contribution is 5.94. The number of carbonyl (C=O) groups is 1. The summed E-state index contributed by atoms with van der Waals surface area (Å²) in [5.74, 6) is 0.311. The highest BCUT2D eigenvalue weighted by Gasteiger charge is 2.40. The summed E-state index contributed by atoms with van der Waals surface area (Å²) in [6, 6.07) is 20.5. The van der Waals surface area contributed by atoms with E-state index in [1.807, 2.05) is 50.5 Å². The Morgan fingerprint density at radius 2 is 1.39 bits per heavy atom. The monoisotopic (exact) mass is 309 g/mol. The Balaban J connectivity index is 2.54. The molecule has 2 aromatic carbocycles. The van der Waals surface area contributed by atoms with Crippen LogP contribution in [0.25, 0.3) is 0 Å². The summed E-state index contributed by atoms with van der Waals surface area (Å²) in [4.78, 5) is 15.4. The van der Waals surface area contributed by atoms with Crippen molar-refractivity contribution >= 4 is 5.78 Å². The molecule has 0 bridgehead atoms. The van der Waals surface area contributed by atoms with Gasteiger partial charge >= 0.3 is 0 Å². The van der Waals surface area contributed by atoms with Crippen LogP contribution in [0.15, 0.2) is 60.7 Å². The van der Waals surface area contributed by atoms with Crippen molar-refractivity contribution in [1.29, 1.82) is 0 Å². The van der Waals surface area contributed by atoms with Gasteiger partial charge in [-0.15, -0.1) is 0 Å². The maximum Gasteiger partial charge on any atom is 0.149 e. The molecule has 23 heavy (non-hydrogen) atoms. The lowest BCUT2D eigenvalue weighted by Crippen LogP contribution is -2.38. The zero-order valence-electron chi connectivity index (χ0n) is 14.5. The van der Waals surface area contributed by atoms with E-state index in [2.05, 4.69) is 36.1 Å². The molecule has 0 aliphatic heterocycles. The first kappa shape index (κ1) is 17.4. The van der Waals surface area contributed by atoms with Gasteiger partial charge in [0.05, 0.1) is 5.41 Å². The Hall–Kier alpha value is -1.93. The summed E-state index contributed by atoms with van der Waals surface area (Å²) in [5, 5.41) is 0. The molecule has 0 unspecified atom stereocenters. The van der Waals surface area contributed by atoms with Crippen LogP contribution in [0.2, 0.25) is 0 Å². The van der Waals surface area contributed by atoms with E-state index in [4.69, 9.17) is 0 Å². The van der Waals surface area contributed by atoms with Crippen LogP contribution < -0.4 is 0 Å². The van der Waals surface area contributed by atoms with Crippen LogP contribution in [0.3, 0.4) is 0 Å². The molecule has 0 aromatic heterocycles. The minimum Gasteiger partial charge on any atom is -0.309 e. The molecule has 122 valence electrons. The summed E-state index contributed by atoms with van der Waals surface area (Å²) in [7, 11) is 4.03. The summed E-state index contributed by atoms with van der Waals surface area (Å²) >= 11 is 0. The average molecular weight is 309 g/mol. The molecule has 2 rings (SSSR count). The molecule has 0 aliphatic carbocycles. The van der Waals surface area contributed by atoms with Gasteiger partial charge in [0.2, 0.25) is 0 Å². The molecule has 2 heteroatoms. The third-order valence-electron chi connectivity index (χ3n) is 4.42. The third-order valence-corrected chi connectivity index (χ3v) is 4.42. The number of Topliss-reactive ketones (excluding diaryl/α,β-unsaturated/α-hetero) is 1. The van der Waals surface area contributed by atoms with E-state index in [1.54, 1.807) is 0 Å². The Bertz CT molecular complexity index is 565. The molecule has 0 spiro atoms. The molecule has 0 aliphatic rings. The van der Waals surface area contributed by atoms with Crippen molar-refractivity contribution in [2.75, 3.05) is 20.6 Å². The third kappa shape index (κ3) is 3.89. The maximum atomic E-state index is 13.3. The van der Waals surface area contributed by atoms with Crippen molar-refractivity contribution in [2.45, 2.75) is 31.6 Å². The van der Waals surface area contributed by atoms with Crippen LogP contribution in [0.1, 0.15) is 37.3 Å². The number of nitrogens with zero attached hydrogens (tertiary/aromatic N) is 1. The van der Waals surface area contributed by atoms with Gasteiger partial charge in [-0.1, -0.05) is 74.0 Å². The van der Waals surface area contributed by atoms with E-state index < -0.39 is 5.41 Å². The lowest BCUT2D eigenvalue weighted by Gasteiger charge is -2.34. The SMILES string of the molecule is CCCC(C(=O)CCN(C)C)(c1ccccc1)c1ccccc1. The number of rotatable bonds is 8. The molecule has 2 aromatic rings. The van der Waals surface area contributed by atoms with Gasteiger partial charge in [0, 0.05) is 13.0 Å². The molecule has 2 nitrogen and oxygen atoms in total. The largest absolute Gasteiger partial charge is 0.309 e. The van der Waals surface area contributed by atoms with E-state index in [1.165, 1.54) is 0 Å². The molecule has 0 atom stereocenters. The Morgan fingerprint density at radius 3 is 1.78 bits per heavy atom. The van der Waals surface area contributed by atoms with Gasteiger partial charge in [0.1, 0.15) is 5.78 Å². The number of hydrogen-bond donors (Lipinski definition) is 0. The van der Waals surface area contributed by atoms with E-state index >= 15 is 0 Å². The first-order valence-electron chi connectivity index (χ1n) is 8.40. The minimum atomic E-state index is -0.534. The lowest BCUT2D eigenvalue weighted by atomic mass is 9.67. The van der Waals surface area contributed by atoms with Crippen LogP contribution >= 0.6 is 0 Å². The molecular formula is C21H27NO. The zero-order chi connectivity index (χ0) is 16.7. The van der Waals surface area contributed by atoms with Crippen LogP contribution in [0.4, 0.5) is 0 Å². The van der Waals surface area contributed by atoms with Gasteiger partial charge in [-0.25, -0.2) is 0 Å². The summed E-state index contributed by atoms with van der Waals surface area (Å²) in [6.45, 7) is 2.93. The maximum absolute atomic E-state index is 13.3. The average Bonchev–Trinajstić information content (AvgIpc) is 2.59. The van der Waals surface area contributed by atoms with Gasteiger partial charge in [0.25, 0.3) is 0 Å². The Kier molecular flexibility index (Phi) is 6.12.